The van der Waals surface area contributed by atoms with Crippen LogP contribution in [0.3, 0.4) is 0 Å². The van der Waals surface area contributed by atoms with E-state index in [-0.39, 0.29) is 16.8 Å². The largest absolute Gasteiger partial charge is 0.354 e. The Morgan fingerprint density at radius 2 is 1.79 bits per heavy atom. The molecule has 0 radical (unpaired) electrons. The lowest BCUT2D eigenvalue weighted by Gasteiger charge is -2.38. The van der Waals surface area contributed by atoms with Gasteiger partial charge in [-0.25, -0.2) is 18.5 Å². The summed E-state index contributed by atoms with van der Waals surface area (Å²) in [5.74, 6) is 0.720. The first-order chi connectivity index (χ1) is 13.2. The molecule has 0 bridgehead atoms. The molecule has 8 nitrogen and oxygen atoms in total. The smallest absolute Gasteiger partial charge is 0.241 e. The van der Waals surface area contributed by atoms with Gasteiger partial charge in [-0.2, -0.15) is 0 Å². The molecule has 0 spiro atoms. The maximum atomic E-state index is 12.5. The minimum atomic E-state index is -3.75. The molecule has 1 amide bonds. The van der Waals surface area contributed by atoms with Gasteiger partial charge in [0.05, 0.1) is 16.0 Å². The molecule has 1 aliphatic rings. The molecular formula is C18H22ClN5O3S. The summed E-state index contributed by atoms with van der Waals surface area (Å²) in [4.78, 5) is 21.1. The van der Waals surface area contributed by atoms with E-state index in [1.807, 2.05) is 19.1 Å². The molecule has 1 aliphatic heterocycles. The van der Waals surface area contributed by atoms with Crippen molar-refractivity contribution in [2.45, 2.75) is 17.9 Å². The molecule has 10 heteroatoms. The van der Waals surface area contributed by atoms with E-state index in [0.717, 1.165) is 32.0 Å². The number of amides is 1. The van der Waals surface area contributed by atoms with Gasteiger partial charge in [-0.05, 0) is 43.3 Å². The van der Waals surface area contributed by atoms with Crippen LogP contribution in [0.4, 0.5) is 11.5 Å². The van der Waals surface area contributed by atoms with Crippen molar-refractivity contribution in [2.24, 2.45) is 5.14 Å². The van der Waals surface area contributed by atoms with E-state index in [1.54, 1.807) is 6.20 Å². The van der Waals surface area contributed by atoms with E-state index < -0.39 is 10.0 Å². The van der Waals surface area contributed by atoms with Gasteiger partial charge >= 0.3 is 0 Å². The number of carbonyl (C=O) groups excluding carboxylic acids is 1. The fraction of sp³-hybridized carbons (Fsp3) is 0.333. The van der Waals surface area contributed by atoms with Crippen molar-refractivity contribution in [3.63, 3.8) is 0 Å². The highest BCUT2D eigenvalue weighted by molar-refractivity contribution is 7.89. The number of sulfonamides is 1. The average molecular weight is 424 g/mol. The zero-order chi connectivity index (χ0) is 20.3. The van der Waals surface area contributed by atoms with E-state index >= 15 is 0 Å². The fourth-order valence-electron chi connectivity index (χ4n) is 3.03. The highest BCUT2D eigenvalue weighted by atomic mass is 35.5. The summed E-state index contributed by atoms with van der Waals surface area (Å²) in [7, 11) is -3.75. The average Bonchev–Trinajstić information content (AvgIpc) is 2.68. The predicted molar refractivity (Wildman–Crippen MR) is 109 cm³/mol. The number of hydrogen-bond donors (Lipinski definition) is 2. The lowest BCUT2D eigenvalue weighted by Crippen LogP contribution is -2.53. The number of hydrogen-bond acceptors (Lipinski definition) is 6. The van der Waals surface area contributed by atoms with E-state index in [9.17, 15) is 13.2 Å². The maximum absolute atomic E-state index is 12.5. The number of rotatable bonds is 5. The van der Waals surface area contributed by atoms with Gasteiger partial charge in [-0.1, -0.05) is 11.6 Å². The molecule has 1 unspecified atom stereocenters. The van der Waals surface area contributed by atoms with Crippen LogP contribution in [0.2, 0.25) is 5.02 Å². The van der Waals surface area contributed by atoms with E-state index in [0.29, 0.717) is 10.7 Å². The first-order valence-corrected chi connectivity index (χ1v) is 10.7. The van der Waals surface area contributed by atoms with Gasteiger partial charge < -0.3 is 10.2 Å². The summed E-state index contributed by atoms with van der Waals surface area (Å²) < 4.78 is 22.6. The Morgan fingerprint density at radius 1 is 1.14 bits per heavy atom. The maximum Gasteiger partial charge on any atom is 0.241 e. The molecule has 3 rings (SSSR count). The Kier molecular flexibility index (Phi) is 6.19. The normalized spacial score (nSPS) is 16.6. The fourth-order valence-corrected chi connectivity index (χ4v) is 3.66. The Hall–Kier alpha value is -2.20. The molecule has 1 atom stereocenters. The Bertz CT molecular complexity index is 927. The van der Waals surface area contributed by atoms with Gasteiger partial charge in [0.2, 0.25) is 15.9 Å². The first-order valence-electron chi connectivity index (χ1n) is 8.78. The number of benzene rings is 1. The van der Waals surface area contributed by atoms with Gasteiger partial charge in [0.1, 0.15) is 5.82 Å². The molecule has 0 aliphatic carbocycles. The van der Waals surface area contributed by atoms with E-state index in [2.05, 4.69) is 20.1 Å². The van der Waals surface area contributed by atoms with Crippen molar-refractivity contribution < 1.29 is 13.2 Å². The molecule has 2 aromatic rings. The number of piperazine rings is 1. The quantitative estimate of drug-likeness (QED) is 0.754. The van der Waals surface area contributed by atoms with Crippen LogP contribution in [0.15, 0.2) is 47.5 Å². The monoisotopic (exact) mass is 423 g/mol. The summed E-state index contributed by atoms with van der Waals surface area (Å²) in [5, 5.41) is 8.49. The predicted octanol–water partition coefficient (Wildman–Crippen LogP) is 1.53. The topological polar surface area (TPSA) is 109 Å². The van der Waals surface area contributed by atoms with Crippen LogP contribution >= 0.6 is 11.6 Å². The van der Waals surface area contributed by atoms with Crippen molar-refractivity contribution in [3.05, 3.63) is 47.6 Å². The third-order valence-electron chi connectivity index (χ3n) is 4.73. The van der Waals surface area contributed by atoms with Crippen LogP contribution in [0.25, 0.3) is 0 Å². The number of carbonyl (C=O) groups is 1. The molecule has 0 saturated carbocycles. The number of halogens is 1. The minimum absolute atomic E-state index is 0.00507. The third kappa shape index (κ3) is 4.99. The molecule has 150 valence electrons. The van der Waals surface area contributed by atoms with Crippen molar-refractivity contribution in [3.8, 4) is 0 Å². The second-order valence-corrected chi connectivity index (χ2v) is 8.59. The standard InChI is InChI=1S/C18H22ClN5O3S/c1-13(18(25)22-15-3-5-16(6-4-15)28(20,26)27)23-8-10-24(11-9-23)17-7-2-14(19)12-21-17/h2-7,12-13H,8-11H2,1H3,(H,22,25)(H2,20,26,27). The van der Waals surface area contributed by atoms with Crippen LogP contribution in [0.5, 0.6) is 0 Å². The van der Waals surface area contributed by atoms with Crippen LogP contribution in [0, 0.1) is 0 Å². The molecule has 1 fully saturated rings. The summed E-state index contributed by atoms with van der Waals surface area (Å²) in [5.41, 5.74) is 0.522. The zero-order valence-electron chi connectivity index (χ0n) is 15.4. The number of nitrogens with zero attached hydrogens (tertiary/aromatic N) is 3. The van der Waals surface area contributed by atoms with Crippen LogP contribution in [-0.4, -0.2) is 56.4 Å². The molecule has 1 aromatic heterocycles. The second-order valence-electron chi connectivity index (χ2n) is 6.59. The molecular weight excluding hydrogens is 402 g/mol. The lowest BCUT2D eigenvalue weighted by atomic mass is 10.2. The van der Waals surface area contributed by atoms with E-state index in [1.165, 1.54) is 24.3 Å². The Morgan fingerprint density at radius 3 is 2.32 bits per heavy atom. The minimum Gasteiger partial charge on any atom is -0.354 e. The Labute approximate surface area is 169 Å². The van der Waals surface area contributed by atoms with Gasteiger partial charge in [-0.3, -0.25) is 9.69 Å². The van der Waals surface area contributed by atoms with Crippen molar-refractivity contribution in [2.75, 3.05) is 36.4 Å². The number of nitrogens with one attached hydrogen (secondary N) is 1. The van der Waals surface area contributed by atoms with Crippen molar-refractivity contribution >= 4 is 39.0 Å². The number of pyridine rings is 1. The summed E-state index contributed by atoms with van der Waals surface area (Å²) >= 11 is 5.88. The van der Waals surface area contributed by atoms with Crippen LogP contribution in [0.1, 0.15) is 6.92 Å². The highest BCUT2D eigenvalue weighted by Crippen LogP contribution is 2.18. The SMILES string of the molecule is CC(C(=O)Nc1ccc(S(N)(=O)=O)cc1)N1CCN(c2ccc(Cl)cn2)CC1. The Balaban J connectivity index is 1.55. The van der Waals surface area contributed by atoms with E-state index in [4.69, 9.17) is 16.7 Å². The van der Waals surface area contributed by atoms with Gasteiger partial charge in [0.15, 0.2) is 0 Å². The third-order valence-corrected chi connectivity index (χ3v) is 5.88. The molecule has 2 heterocycles. The zero-order valence-corrected chi connectivity index (χ0v) is 16.9. The highest BCUT2D eigenvalue weighted by Gasteiger charge is 2.26. The van der Waals surface area contributed by atoms with Crippen LogP contribution < -0.4 is 15.4 Å². The summed E-state index contributed by atoms with van der Waals surface area (Å²) in [6.45, 7) is 4.82. The number of nitrogens with two attached hydrogens (primary N) is 1. The summed E-state index contributed by atoms with van der Waals surface area (Å²) in [6, 6.07) is 9.16. The summed E-state index contributed by atoms with van der Waals surface area (Å²) in [6.07, 6.45) is 1.63. The molecule has 3 N–H and O–H groups in total. The lowest BCUT2D eigenvalue weighted by molar-refractivity contribution is -0.120. The number of primary sulfonamides is 1. The van der Waals surface area contributed by atoms with Gasteiger partial charge in [0, 0.05) is 38.1 Å². The number of aromatic nitrogens is 1. The molecule has 1 saturated heterocycles. The molecule has 28 heavy (non-hydrogen) atoms. The van der Waals surface area contributed by atoms with Gasteiger partial charge in [-0.15, -0.1) is 0 Å². The second kappa shape index (κ2) is 8.44. The van der Waals surface area contributed by atoms with Gasteiger partial charge in [0.25, 0.3) is 0 Å². The van der Waals surface area contributed by atoms with Crippen molar-refractivity contribution in [1.82, 2.24) is 9.88 Å². The van der Waals surface area contributed by atoms with Crippen molar-refractivity contribution in [1.29, 1.82) is 0 Å². The molecule has 1 aromatic carbocycles. The van der Waals surface area contributed by atoms with Crippen LogP contribution in [-0.2, 0) is 14.8 Å². The number of anilines is 2. The first kappa shape index (κ1) is 20.5.